The maximum Gasteiger partial charge on any atom is 0.253 e. The van der Waals surface area contributed by atoms with Crippen LogP contribution in [0.4, 0.5) is 4.39 Å². The summed E-state index contributed by atoms with van der Waals surface area (Å²) in [7, 11) is 0. The molecule has 1 aromatic heterocycles. The molecule has 1 aliphatic rings. The quantitative estimate of drug-likeness (QED) is 0.869. The molecular weight excluding hydrogens is 321 g/mol. The molecule has 0 aliphatic carbocycles. The van der Waals surface area contributed by atoms with Gasteiger partial charge in [0.05, 0.1) is 5.56 Å². The standard InChI is InChI=1S/C19H22FN3O2/c20-17-5-1-3-14(9-17)11-23-8-6-16(13-24)18(12-23)22-19(25)15-4-2-7-21-10-15/h1-5,7,9-10,16,18,24H,6,8,11-13H2,(H,22,25)/t16-,18-/m1/s1. The van der Waals surface area contributed by atoms with Gasteiger partial charge in [0, 0.05) is 44.0 Å². The van der Waals surface area contributed by atoms with Crippen LogP contribution in [0.15, 0.2) is 48.8 Å². The summed E-state index contributed by atoms with van der Waals surface area (Å²) in [5.41, 5.74) is 1.40. The molecule has 3 rings (SSSR count). The zero-order valence-electron chi connectivity index (χ0n) is 13.9. The molecule has 0 radical (unpaired) electrons. The predicted molar refractivity (Wildman–Crippen MR) is 92.4 cm³/mol. The summed E-state index contributed by atoms with van der Waals surface area (Å²) in [6.07, 6.45) is 3.93. The smallest absolute Gasteiger partial charge is 0.253 e. The Morgan fingerprint density at radius 2 is 2.24 bits per heavy atom. The van der Waals surface area contributed by atoms with Gasteiger partial charge in [0.2, 0.25) is 0 Å². The van der Waals surface area contributed by atoms with Crippen molar-refractivity contribution in [2.75, 3.05) is 19.7 Å². The van der Waals surface area contributed by atoms with Crippen molar-refractivity contribution in [3.63, 3.8) is 0 Å². The number of carbonyl (C=O) groups excluding carboxylic acids is 1. The van der Waals surface area contributed by atoms with E-state index in [9.17, 15) is 14.3 Å². The van der Waals surface area contributed by atoms with Crippen LogP contribution in [0.5, 0.6) is 0 Å². The van der Waals surface area contributed by atoms with Gasteiger partial charge in [-0.15, -0.1) is 0 Å². The van der Waals surface area contributed by atoms with Crippen molar-refractivity contribution in [2.24, 2.45) is 5.92 Å². The topological polar surface area (TPSA) is 65.5 Å². The van der Waals surface area contributed by atoms with E-state index >= 15 is 0 Å². The zero-order valence-corrected chi connectivity index (χ0v) is 13.9. The number of aromatic nitrogens is 1. The van der Waals surface area contributed by atoms with Gasteiger partial charge in [-0.05, 0) is 42.8 Å². The molecular formula is C19H22FN3O2. The van der Waals surface area contributed by atoms with Crippen molar-refractivity contribution in [3.05, 3.63) is 65.7 Å². The van der Waals surface area contributed by atoms with Gasteiger partial charge in [0.25, 0.3) is 5.91 Å². The molecule has 0 saturated carbocycles. The average Bonchev–Trinajstić information content (AvgIpc) is 2.63. The second kappa shape index (κ2) is 8.18. The molecule has 1 fully saturated rings. The van der Waals surface area contributed by atoms with Gasteiger partial charge in [0.15, 0.2) is 0 Å². The van der Waals surface area contributed by atoms with E-state index in [1.54, 1.807) is 24.4 Å². The molecule has 2 N–H and O–H groups in total. The lowest BCUT2D eigenvalue weighted by molar-refractivity contribution is 0.0730. The highest BCUT2D eigenvalue weighted by Crippen LogP contribution is 2.20. The third-order valence-electron chi connectivity index (χ3n) is 4.61. The molecule has 0 bridgehead atoms. The number of halogens is 1. The molecule has 2 heterocycles. The van der Waals surface area contributed by atoms with Gasteiger partial charge in [-0.3, -0.25) is 14.7 Å². The summed E-state index contributed by atoms with van der Waals surface area (Å²) in [6, 6.07) is 9.83. The Labute approximate surface area is 146 Å². The Hall–Kier alpha value is -2.31. The molecule has 2 atom stereocenters. The number of aliphatic hydroxyl groups is 1. The second-order valence-electron chi connectivity index (χ2n) is 6.42. The summed E-state index contributed by atoms with van der Waals surface area (Å²) in [6.45, 7) is 2.08. The fraction of sp³-hybridized carbons (Fsp3) is 0.368. The van der Waals surface area contributed by atoms with Gasteiger partial charge in [-0.25, -0.2) is 4.39 Å². The van der Waals surface area contributed by atoms with E-state index in [1.807, 2.05) is 6.07 Å². The van der Waals surface area contributed by atoms with Gasteiger partial charge in [-0.1, -0.05) is 12.1 Å². The molecule has 6 heteroatoms. The molecule has 1 aliphatic heterocycles. The number of aliphatic hydroxyl groups excluding tert-OH is 1. The fourth-order valence-electron chi connectivity index (χ4n) is 3.24. The number of carbonyl (C=O) groups is 1. The van der Waals surface area contributed by atoms with Crippen LogP contribution in [0.1, 0.15) is 22.3 Å². The highest BCUT2D eigenvalue weighted by molar-refractivity contribution is 5.94. The van der Waals surface area contributed by atoms with E-state index in [4.69, 9.17) is 0 Å². The maximum atomic E-state index is 13.4. The van der Waals surface area contributed by atoms with Crippen molar-refractivity contribution in [3.8, 4) is 0 Å². The van der Waals surface area contributed by atoms with Gasteiger partial charge < -0.3 is 10.4 Å². The summed E-state index contributed by atoms with van der Waals surface area (Å²) < 4.78 is 13.4. The lowest BCUT2D eigenvalue weighted by Gasteiger charge is -2.38. The van der Waals surface area contributed by atoms with Gasteiger partial charge in [-0.2, -0.15) is 0 Å². The third kappa shape index (κ3) is 4.61. The number of benzene rings is 1. The predicted octanol–water partition coefficient (Wildman–Crippen LogP) is 1.83. The number of likely N-dealkylation sites (tertiary alicyclic amines) is 1. The largest absolute Gasteiger partial charge is 0.396 e. The van der Waals surface area contributed by atoms with Crippen LogP contribution >= 0.6 is 0 Å². The van der Waals surface area contributed by atoms with E-state index in [1.165, 1.54) is 18.3 Å². The Kier molecular flexibility index (Phi) is 5.73. The first-order valence-electron chi connectivity index (χ1n) is 8.44. The van der Waals surface area contributed by atoms with Crippen LogP contribution in [-0.4, -0.2) is 46.6 Å². The van der Waals surface area contributed by atoms with Crippen LogP contribution in [-0.2, 0) is 6.54 Å². The van der Waals surface area contributed by atoms with E-state index in [0.717, 1.165) is 18.5 Å². The summed E-state index contributed by atoms with van der Waals surface area (Å²) >= 11 is 0. The summed E-state index contributed by atoms with van der Waals surface area (Å²) in [5.74, 6) is -0.419. The number of hydrogen-bond donors (Lipinski definition) is 2. The Morgan fingerprint density at radius 3 is 2.96 bits per heavy atom. The molecule has 25 heavy (non-hydrogen) atoms. The number of nitrogens with zero attached hydrogens (tertiary/aromatic N) is 2. The van der Waals surface area contributed by atoms with Crippen molar-refractivity contribution < 1.29 is 14.3 Å². The summed E-state index contributed by atoms with van der Waals surface area (Å²) in [5, 5.41) is 12.6. The second-order valence-corrected chi connectivity index (χ2v) is 6.42. The molecule has 0 unspecified atom stereocenters. The van der Waals surface area contributed by atoms with Crippen molar-refractivity contribution in [1.29, 1.82) is 0 Å². The van der Waals surface area contributed by atoms with Gasteiger partial charge in [0.1, 0.15) is 5.82 Å². The number of hydrogen-bond acceptors (Lipinski definition) is 4. The number of amides is 1. The molecule has 1 saturated heterocycles. The van der Waals surface area contributed by atoms with Crippen molar-refractivity contribution in [2.45, 2.75) is 19.0 Å². The average molecular weight is 343 g/mol. The lowest BCUT2D eigenvalue weighted by atomic mass is 9.91. The van der Waals surface area contributed by atoms with Crippen LogP contribution in [0.25, 0.3) is 0 Å². The Bertz CT molecular complexity index is 711. The van der Waals surface area contributed by atoms with E-state index < -0.39 is 0 Å². The monoisotopic (exact) mass is 343 g/mol. The number of rotatable bonds is 5. The molecule has 1 aromatic carbocycles. The first-order chi connectivity index (χ1) is 12.2. The molecule has 2 aromatic rings. The first kappa shape index (κ1) is 17.5. The minimum Gasteiger partial charge on any atom is -0.396 e. The Morgan fingerprint density at radius 1 is 1.36 bits per heavy atom. The zero-order chi connectivity index (χ0) is 17.6. The number of pyridine rings is 1. The maximum absolute atomic E-state index is 13.4. The fourth-order valence-corrected chi connectivity index (χ4v) is 3.24. The Balaban J connectivity index is 1.65. The van der Waals surface area contributed by atoms with Crippen LogP contribution in [0.3, 0.4) is 0 Å². The van der Waals surface area contributed by atoms with E-state index in [2.05, 4.69) is 15.2 Å². The highest BCUT2D eigenvalue weighted by atomic mass is 19.1. The number of nitrogens with one attached hydrogen (secondary N) is 1. The highest BCUT2D eigenvalue weighted by Gasteiger charge is 2.30. The molecule has 0 spiro atoms. The van der Waals surface area contributed by atoms with Crippen LogP contribution < -0.4 is 5.32 Å². The van der Waals surface area contributed by atoms with Crippen LogP contribution in [0, 0.1) is 11.7 Å². The molecule has 1 amide bonds. The minimum absolute atomic E-state index is 0.0179. The lowest BCUT2D eigenvalue weighted by Crippen LogP contribution is -2.53. The summed E-state index contributed by atoms with van der Waals surface area (Å²) in [4.78, 5) is 18.5. The van der Waals surface area contributed by atoms with E-state index in [0.29, 0.717) is 18.7 Å². The minimum atomic E-state index is -0.246. The first-order valence-corrected chi connectivity index (χ1v) is 8.44. The van der Waals surface area contributed by atoms with Crippen molar-refractivity contribution in [1.82, 2.24) is 15.2 Å². The molecule has 5 nitrogen and oxygen atoms in total. The van der Waals surface area contributed by atoms with Crippen LogP contribution in [0.2, 0.25) is 0 Å². The third-order valence-corrected chi connectivity index (χ3v) is 4.61. The molecule has 132 valence electrons. The van der Waals surface area contributed by atoms with Crippen molar-refractivity contribution >= 4 is 5.91 Å². The number of piperidine rings is 1. The van der Waals surface area contributed by atoms with E-state index in [-0.39, 0.29) is 30.3 Å². The normalized spacial score (nSPS) is 21.0. The SMILES string of the molecule is O=C(N[C@@H]1CN(Cc2cccc(F)c2)CC[C@@H]1CO)c1cccnc1. The van der Waals surface area contributed by atoms with Gasteiger partial charge >= 0.3 is 0 Å².